The number of unbranched alkanes of at least 4 members (excludes halogenated alkanes) is 7. The van der Waals surface area contributed by atoms with Crippen molar-refractivity contribution in [3.05, 3.63) is 0 Å². The zero-order valence-corrected chi connectivity index (χ0v) is 71.1. The van der Waals surface area contributed by atoms with E-state index in [2.05, 4.69) is 42.5 Å². The van der Waals surface area contributed by atoms with Crippen LogP contribution >= 0.6 is 0 Å². The first-order chi connectivity index (χ1) is 57.4. The Morgan fingerprint density at radius 3 is 0.908 bits per heavy atom. The van der Waals surface area contributed by atoms with Gasteiger partial charge >= 0.3 is 0 Å². The van der Waals surface area contributed by atoms with Gasteiger partial charge in [-0.3, -0.25) is 38.4 Å². The Morgan fingerprint density at radius 2 is 0.608 bits per heavy atom. The Kier molecular flexibility index (Phi) is 57.7. The van der Waals surface area contributed by atoms with Crippen LogP contribution < -0.4 is 48.3 Å². The van der Waals surface area contributed by atoms with Gasteiger partial charge in [0, 0.05) is 91.0 Å². The number of rotatable bonds is 70. The van der Waals surface area contributed by atoms with E-state index in [-0.39, 0.29) is 226 Å². The minimum atomic E-state index is -1.47. The number of nitrogens with one attached hydrogen (secondary N) is 8. The Morgan fingerprint density at radius 1 is 0.333 bits per heavy atom. The predicted octanol–water partition coefficient (Wildman–Crippen LogP) is -5.84. The maximum Gasteiger partial charge on any atom is 0.222 e. The van der Waals surface area contributed by atoms with E-state index in [0.29, 0.717) is 32.5 Å². The van der Waals surface area contributed by atoms with Crippen molar-refractivity contribution in [2.45, 2.75) is 235 Å². The molecule has 16 unspecified atom stereocenters. The lowest BCUT2D eigenvalue weighted by molar-refractivity contribution is -0.275. The molecule has 3 aliphatic heterocycles. The van der Waals surface area contributed by atoms with Gasteiger partial charge < -0.3 is 175 Å². The minimum absolute atomic E-state index is 0.0357. The Balaban J connectivity index is 1.58. The lowest BCUT2D eigenvalue weighted by Gasteiger charge is -2.42. The molecule has 3 fully saturated rings. The maximum atomic E-state index is 14.0. The zero-order chi connectivity index (χ0) is 88.6. The van der Waals surface area contributed by atoms with Gasteiger partial charge in [0.25, 0.3) is 0 Å². The fourth-order valence-corrected chi connectivity index (χ4v) is 12.3. The van der Waals surface area contributed by atoms with Gasteiger partial charge in [-0.05, 0) is 19.8 Å². The van der Waals surface area contributed by atoms with E-state index >= 15 is 0 Å². The van der Waals surface area contributed by atoms with E-state index in [4.69, 9.17) is 86.3 Å². The molecular weight excluding hydrogens is 1590 g/mol. The van der Waals surface area contributed by atoms with Crippen molar-refractivity contribution >= 4 is 47.3 Å². The number of ether oxygens (including phenoxy) is 17. The lowest BCUT2D eigenvalue weighted by Crippen LogP contribution is -2.64. The quantitative estimate of drug-likeness (QED) is 0.0199. The summed E-state index contributed by atoms with van der Waals surface area (Å²) in [4.78, 5) is 101. The molecule has 3 heterocycles. The number of aliphatic hydroxyl groups is 9. The average molecular weight is 1740 g/mol. The molecule has 3 saturated heterocycles. The molecule has 0 aromatic rings. The monoisotopic (exact) mass is 1740 g/mol. The van der Waals surface area contributed by atoms with E-state index in [9.17, 15) is 84.3 Å². The van der Waals surface area contributed by atoms with Gasteiger partial charge in [-0.25, -0.2) is 0 Å². The topological polar surface area (TPSA) is 598 Å². The van der Waals surface area contributed by atoms with E-state index < -0.39 is 141 Å². The number of hydrogen-bond donors (Lipinski definition) is 18. The Hall–Kier alpha value is -5.32. The molecule has 3 rings (SSSR count). The van der Waals surface area contributed by atoms with Crippen molar-refractivity contribution in [3.8, 4) is 0 Å². The highest BCUT2D eigenvalue weighted by molar-refractivity contribution is 5.78. The second-order valence-electron chi connectivity index (χ2n) is 30.2. The summed E-state index contributed by atoms with van der Waals surface area (Å²) >= 11 is 0. The van der Waals surface area contributed by atoms with E-state index in [1.165, 1.54) is 20.8 Å². The van der Waals surface area contributed by atoms with Crippen molar-refractivity contribution in [1.82, 2.24) is 42.5 Å². The van der Waals surface area contributed by atoms with E-state index in [1.54, 1.807) is 0 Å². The summed E-state index contributed by atoms with van der Waals surface area (Å²) in [6.45, 7) is 11.7. The van der Waals surface area contributed by atoms with Crippen LogP contribution in [0.1, 0.15) is 132 Å². The van der Waals surface area contributed by atoms with Gasteiger partial charge in [-0.15, -0.1) is 0 Å². The molecule has 0 spiro atoms. The third-order valence-electron chi connectivity index (χ3n) is 19.3. The normalized spacial score (nSPS) is 24.2. The largest absolute Gasteiger partial charge is 0.394 e. The maximum absolute atomic E-state index is 14.0. The molecule has 0 aromatic heterocycles. The number of carbonyl (C=O) groups excluding carboxylic acids is 8. The molecule has 0 radical (unpaired) electrons. The molecule has 43 heteroatoms. The number of aliphatic hydroxyl groups excluding tert-OH is 9. The van der Waals surface area contributed by atoms with Gasteiger partial charge in [0.05, 0.1) is 172 Å². The van der Waals surface area contributed by atoms with Gasteiger partial charge in [0.1, 0.15) is 78.6 Å². The van der Waals surface area contributed by atoms with Crippen LogP contribution in [-0.2, 0) is 119 Å². The summed E-state index contributed by atoms with van der Waals surface area (Å²) in [5.74, 6) is -3.91. The van der Waals surface area contributed by atoms with Crippen LogP contribution in [0.5, 0.6) is 0 Å². The van der Waals surface area contributed by atoms with Crippen LogP contribution in [-0.4, -0.2) is 401 Å². The van der Waals surface area contributed by atoms with Crippen LogP contribution in [0.4, 0.5) is 0 Å². The van der Waals surface area contributed by atoms with Crippen molar-refractivity contribution in [3.63, 3.8) is 0 Å². The molecule has 0 aromatic carbocycles. The van der Waals surface area contributed by atoms with Crippen LogP contribution in [0.25, 0.3) is 0 Å². The zero-order valence-electron chi connectivity index (χ0n) is 71.1. The number of carbonyl (C=O) groups is 8. The fourth-order valence-electron chi connectivity index (χ4n) is 12.3. The lowest BCUT2D eigenvalue weighted by atomic mass is 9.86. The summed E-state index contributed by atoms with van der Waals surface area (Å²) in [6.07, 6.45) is -9.03. The standard InChI is InChI=1S/C77H143N9O34/c1-52(90)83-63-69(101)66(98)55(46-87)118-72(63)113-43-40-107-37-34-104-30-22-79-59(94)18-26-110-49-77(86-62(97)17-15-13-11-9-8-10-12-14-16-58(93)82-25-33-117-76(7,75(4,5)6)116-29-21-78,50-111-27-19-60(95)80-23-31-105-35-38-108-41-44-114-73-64(84-53(2)91)70(102)67(99)56(47-88)119-73)51-112-28-20-61(96)81-24-32-106-36-39-109-42-45-115-74-65(85-54(3)92)71(103)68(100)57(48-89)120-74/h55-57,63-74,87-89,98-103H,8-51,78H2,1-7H3,(H,79,94)(H,80,95)(H,81,96)(H,82,93)(H,83,90)(H,84,91)(H,85,92)(H,86,97). The van der Waals surface area contributed by atoms with Gasteiger partial charge in [0.15, 0.2) is 24.7 Å². The van der Waals surface area contributed by atoms with Crippen LogP contribution in [0.3, 0.4) is 0 Å². The van der Waals surface area contributed by atoms with Crippen molar-refractivity contribution < 1.29 is 165 Å². The highest BCUT2D eigenvalue weighted by Crippen LogP contribution is 2.35. The van der Waals surface area contributed by atoms with Crippen molar-refractivity contribution in [1.29, 1.82) is 0 Å². The molecule has 16 atom stereocenters. The van der Waals surface area contributed by atoms with Crippen molar-refractivity contribution in [2.75, 3.05) is 205 Å². The molecule has 0 aliphatic carbocycles. The molecule has 8 amide bonds. The summed E-state index contributed by atoms with van der Waals surface area (Å²) in [6, 6.07) is -3.32. The first kappa shape index (κ1) is 109. The second-order valence-corrected chi connectivity index (χ2v) is 30.2. The highest BCUT2D eigenvalue weighted by Gasteiger charge is 2.48. The minimum Gasteiger partial charge on any atom is -0.394 e. The third-order valence-corrected chi connectivity index (χ3v) is 19.3. The number of amides is 8. The van der Waals surface area contributed by atoms with Crippen LogP contribution in [0.2, 0.25) is 0 Å². The molecule has 19 N–H and O–H groups in total. The first-order valence-corrected chi connectivity index (χ1v) is 41.5. The Labute approximate surface area is 703 Å². The fraction of sp³-hybridized carbons (Fsp3) is 0.896. The average Bonchev–Trinajstić information content (AvgIpc) is 0.809. The van der Waals surface area contributed by atoms with E-state index in [0.717, 1.165) is 44.9 Å². The third kappa shape index (κ3) is 45.5. The van der Waals surface area contributed by atoms with Crippen LogP contribution in [0.15, 0.2) is 0 Å². The van der Waals surface area contributed by atoms with Crippen molar-refractivity contribution in [2.24, 2.45) is 11.1 Å². The molecule has 700 valence electrons. The molecule has 0 saturated carbocycles. The predicted molar refractivity (Wildman–Crippen MR) is 423 cm³/mol. The first-order valence-electron chi connectivity index (χ1n) is 41.5. The van der Waals surface area contributed by atoms with Gasteiger partial charge in [0.2, 0.25) is 47.3 Å². The summed E-state index contributed by atoms with van der Waals surface area (Å²) in [7, 11) is 0. The summed E-state index contributed by atoms with van der Waals surface area (Å²) in [5, 5.41) is 113. The summed E-state index contributed by atoms with van der Waals surface area (Å²) in [5.41, 5.74) is 3.91. The smallest absolute Gasteiger partial charge is 0.222 e. The van der Waals surface area contributed by atoms with Gasteiger partial charge in [-0.2, -0.15) is 0 Å². The number of nitrogens with two attached hydrogens (primary N) is 1. The van der Waals surface area contributed by atoms with Gasteiger partial charge in [-0.1, -0.05) is 59.3 Å². The molecule has 43 nitrogen and oxygen atoms in total. The van der Waals surface area contributed by atoms with E-state index in [1.807, 2.05) is 27.7 Å². The molecule has 3 aliphatic rings. The molecular formula is C77H143N9O34. The molecule has 120 heavy (non-hydrogen) atoms. The highest BCUT2D eigenvalue weighted by atomic mass is 16.7. The molecule has 0 bridgehead atoms. The van der Waals surface area contributed by atoms with Crippen LogP contribution in [0, 0.1) is 5.41 Å². The number of hydrogen-bond acceptors (Lipinski definition) is 35. The second kappa shape index (κ2) is 63.6. The summed E-state index contributed by atoms with van der Waals surface area (Å²) < 4.78 is 97.4. The SMILES string of the molecule is CC(=O)NC1C(OCCOCCOCCNC(=O)CCOCC(COCCC(=O)NCCOCCOCCOC2OC(CO)C(O)C(O)C2NC(C)=O)(COCCC(=O)NCCOCCOCCOC2OC(CO)C(O)C(O)C2NC(C)=O)NC(=O)CCCCCCCCCCC(=O)NCCOC(C)(OCCN)C(C)(C)C)OC(CO)C(O)C1O. The Bertz CT molecular complexity index is 2580.